The van der Waals surface area contributed by atoms with Crippen LogP contribution in [0.15, 0.2) is 30.3 Å². The molecule has 0 aliphatic rings. The van der Waals surface area contributed by atoms with Crippen LogP contribution in [0, 0.1) is 5.92 Å². The number of nitrogens with one attached hydrogen (secondary N) is 1. The minimum Gasteiger partial charge on any atom is -0.461 e. The molecule has 1 aromatic rings. The van der Waals surface area contributed by atoms with Gasteiger partial charge in [-0.2, -0.15) is 0 Å². The molecule has 2 atom stereocenters. The van der Waals surface area contributed by atoms with Gasteiger partial charge in [0.1, 0.15) is 6.61 Å². The number of rotatable bonds is 9. The number of ether oxygens (including phenoxy) is 1. The maximum absolute atomic E-state index is 11.9. The molecule has 0 saturated heterocycles. The highest BCUT2D eigenvalue weighted by Gasteiger charge is 2.15. The molecule has 0 amide bonds. The fraction of sp³-hybridized carbons (Fsp3) is 0.588. The Kier molecular flexibility index (Phi) is 7.97. The molecule has 0 aliphatic heterocycles. The van der Waals surface area contributed by atoms with Crippen LogP contribution < -0.4 is 5.32 Å². The second-order valence-electron chi connectivity index (χ2n) is 5.45. The van der Waals surface area contributed by atoms with Crippen LogP contribution in [0.25, 0.3) is 0 Å². The minimum absolute atomic E-state index is 0.109. The van der Waals surface area contributed by atoms with E-state index in [2.05, 4.69) is 19.2 Å². The first kappa shape index (κ1) is 16.7. The summed E-state index contributed by atoms with van der Waals surface area (Å²) in [6.07, 6.45) is 3.59. The Balaban J connectivity index is 2.22. The van der Waals surface area contributed by atoms with Gasteiger partial charge in [-0.05, 0) is 18.9 Å². The van der Waals surface area contributed by atoms with Crippen molar-refractivity contribution in [2.45, 2.75) is 52.7 Å². The van der Waals surface area contributed by atoms with E-state index in [4.69, 9.17) is 4.74 Å². The summed E-state index contributed by atoms with van der Waals surface area (Å²) in [4.78, 5) is 11.9. The van der Waals surface area contributed by atoms with Gasteiger partial charge in [0.2, 0.25) is 0 Å². The van der Waals surface area contributed by atoms with Gasteiger partial charge >= 0.3 is 5.97 Å². The molecule has 3 heteroatoms. The molecule has 1 N–H and O–H groups in total. The van der Waals surface area contributed by atoms with Gasteiger partial charge in [-0.15, -0.1) is 0 Å². The van der Waals surface area contributed by atoms with Crippen LogP contribution in [-0.2, 0) is 16.1 Å². The average molecular weight is 277 g/mol. The van der Waals surface area contributed by atoms with Crippen molar-refractivity contribution in [3.8, 4) is 0 Å². The highest BCUT2D eigenvalue weighted by atomic mass is 16.5. The van der Waals surface area contributed by atoms with Crippen LogP contribution in [0.1, 0.15) is 45.6 Å². The molecule has 0 saturated carbocycles. The Morgan fingerprint density at radius 1 is 1.25 bits per heavy atom. The number of hydrogen-bond donors (Lipinski definition) is 1. The van der Waals surface area contributed by atoms with E-state index in [0.717, 1.165) is 12.0 Å². The van der Waals surface area contributed by atoms with E-state index in [1.54, 1.807) is 0 Å². The van der Waals surface area contributed by atoms with Crippen LogP contribution in [-0.4, -0.2) is 18.6 Å². The highest BCUT2D eigenvalue weighted by molar-refractivity contribution is 5.72. The van der Waals surface area contributed by atoms with Crippen LogP contribution >= 0.6 is 0 Å². The largest absolute Gasteiger partial charge is 0.461 e. The maximum atomic E-state index is 11.9. The lowest BCUT2D eigenvalue weighted by Gasteiger charge is -2.17. The summed E-state index contributed by atoms with van der Waals surface area (Å²) in [6.45, 7) is 7.30. The van der Waals surface area contributed by atoms with E-state index in [1.807, 2.05) is 37.3 Å². The molecular formula is C17H27NO2. The summed E-state index contributed by atoms with van der Waals surface area (Å²) in [5, 5.41) is 3.40. The van der Waals surface area contributed by atoms with Crippen molar-refractivity contribution < 1.29 is 9.53 Å². The van der Waals surface area contributed by atoms with E-state index in [0.29, 0.717) is 19.2 Å². The second kappa shape index (κ2) is 9.54. The number of benzene rings is 1. The van der Waals surface area contributed by atoms with Gasteiger partial charge in [-0.25, -0.2) is 0 Å². The standard InChI is InChI=1S/C17H27NO2/c1-4-5-9-15(3)18-12-14(2)17(19)20-13-16-10-7-6-8-11-16/h6-8,10-11,14-15,18H,4-5,9,12-13H2,1-3H3. The van der Waals surface area contributed by atoms with Gasteiger partial charge in [-0.3, -0.25) is 4.79 Å². The third-order valence-electron chi connectivity index (χ3n) is 3.39. The molecule has 0 radical (unpaired) electrons. The monoisotopic (exact) mass is 277 g/mol. The Hall–Kier alpha value is -1.35. The van der Waals surface area contributed by atoms with E-state index >= 15 is 0 Å². The zero-order valence-corrected chi connectivity index (χ0v) is 12.9. The SMILES string of the molecule is CCCCC(C)NCC(C)C(=O)OCc1ccccc1. The first-order valence-corrected chi connectivity index (χ1v) is 7.57. The Bertz CT molecular complexity index is 378. The van der Waals surface area contributed by atoms with Crippen LogP contribution in [0.2, 0.25) is 0 Å². The van der Waals surface area contributed by atoms with Crippen molar-refractivity contribution in [2.75, 3.05) is 6.54 Å². The molecule has 0 bridgehead atoms. The first-order valence-electron chi connectivity index (χ1n) is 7.57. The highest BCUT2D eigenvalue weighted by Crippen LogP contribution is 2.05. The normalized spacial score (nSPS) is 13.8. The van der Waals surface area contributed by atoms with Crippen LogP contribution in [0.4, 0.5) is 0 Å². The van der Waals surface area contributed by atoms with Gasteiger partial charge in [0.15, 0.2) is 0 Å². The smallest absolute Gasteiger partial charge is 0.310 e. The van der Waals surface area contributed by atoms with Gasteiger partial charge in [0, 0.05) is 12.6 Å². The van der Waals surface area contributed by atoms with E-state index in [9.17, 15) is 4.79 Å². The van der Waals surface area contributed by atoms with Crippen LogP contribution in [0.5, 0.6) is 0 Å². The molecule has 1 rings (SSSR count). The average Bonchev–Trinajstić information content (AvgIpc) is 2.49. The Morgan fingerprint density at radius 3 is 2.60 bits per heavy atom. The topological polar surface area (TPSA) is 38.3 Å². The zero-order valence-electron chi connectivity index (χ0n) is 12.9. The summed E-state index contributed by atoms with van der Waals surface area (Å²) in [5.41, 5.74) is 1.03. The molecule has 0 fully saturated rings. The van der Waals surface area contributed by atoms with Crippen molar-refractivity contribution in [2.24, 2.45) is 5.92 Å². The van der Waals surface area contributed by atoms with Gasteiger partial charge in [0.05, 0.1) is 5.92 Å². The maximum Gasteiger partial charge on any atom is 0.310 e. The predicted molar refractivity (Wildman–Crippen MR) is 82.4 cm³/mol. The molecule has 0 aromatic heterocycles. The minimum atomic E-state index is -0.135. The Morgan fingerprint density at radius 2 is 1.95 bits per heavy atom. The van der Waals surface area contributed by atoms with Crippen molar-refractivity contribution in [3.05, 3.63) is 35.9 Å². The van der Waals surface area contributed by atoms with Crippen molar-refractivity contribution >= 4 is 5.97 Å². The number of hydrogen-bond acceptors (Lipinski definition) is 3. The van der Waals surface area contributed by atoms with Gasteiger partial charge in [0.25, 0.3) is 0 Å². The molecule has 0 heterocycles. The Labute approximate surface area is 122 Å². The molecule has 20 heavy (non-hydrogen) atoms. The number of carbonyl (C=O) groups is 1. The summed E-state index contributed by atoms with van der Waals surface area (Å²) in [6, 6.07) is 10.2. The predicted octanol–water partition coefficient (Wildman–Crippen LogP) is 3.53. The third kappa shape index (κ3) is 6.71. The van der Waals surface area contributed by atoms with E-state index in [1.165, 1.54) is 12.8 Å². The number of carbonyl (C=O) groups excluding carboxylic acids is 1. The number of esters is 1. The van der Waals surface area contributed by atoms with Crippen molar-refractivity contribution in [1.82, 2.24) is 5.32 Å². The van der Waals surface area contributed by atoms with Crippen molar-refractivity contribution in [1.29, 1.82) is 0 Å². The summed E-state index contributed by atoms with van der Waals surface area (Å²) >= 11 is 0. The van der Waals surface area contributed by atoms with E-state index < -0.39 is 0 Å². The fourth-order valence-electron chi connectivity index (χ4n) is 1.94. The third-order valence-corrected chi connectivity index (χ3v) is 3.39. The quantitative estimate of drug-likeness (QED) is 0.702. The molecule has 1 aromatic carbocycles. The van der Waals surface area contributed by atoms with E-state index in [-0.39, 0.29) is 11.9 Å². The fourth-order valence-corrected chi connectivity index (χ4v) is 1.94. The molecule has 0 spiro atoms. The molecule has 112 valence electrons. The summed E-state index contributed by atoms with van der Waals surface area (Å²) in [7, 11) is 0. The lowest BCUT2D eigenvalue weighted by atomic mass is 10.1. The molecular weight excluding hydrogens is 250 g/mol. The van der Waals surface area contributed by atoms with Gasteiger partial charge in [-0.1, -0.05) is 57.0 Å². The lowest BCUT2D eigenvalue weighted by molar-refractivity contribution is -0.149. The molecule has 3 nitrogen and oxygen atoms in total. The second-order valence-corrected chi connectivity index (χ2v) is 5.45. The first-order chi connectivity index (χ1) is 9.63. The summed E-state index contributed by atoms with van der Waals surface area (Å²) < 4.78 is 5.32. The molecule has 0 aliphatic carbocycles. The summed E-state index contributed by atoms with van der Waals surface area (Å²) in [5.74, 6) is -0.244. The zero-order chi connectivity index (χ0) is 14.8. The lowest BCUT2D eigenvalue weighted by Crippen LogP contribution is -2.33. The van der Waals surface area contributed by atoms with Crippen LogP contribution in [0.3, 0.4) is 0 Å². The van der Waals surface area contributed by atoms with Crippen molar-refractivity contribution in [3.63, 3.8) is 0 Å². The van der Waals surface area contributed by atoms with Gasteiger partial charge < -0.3 is 10.1 Å². The molecule has 2 unspecified atom stereocenters. The number of unbranched alkanes of at least 4 members (excludes halogenated alkanes) is 1.